The smallest absolute Gasteiger partial charge is 0.337 e. The number of methoxy groups -OCH3 is 1. The van der Waals surface area contributed by atoms with Crippen LogP contribution in [0.2, 0.25) is 5.02 Å². The number of esters is 1. The van der Waals surface area contributed by atoms with Crippen molar-refractivity contribution in [1.29, 1.82) is 0 Å². The summed E-state index contributed by atoms with van der Waals surface area (Å²) >= 11 is 6.38. The van der Waals surface area contributed by atoms with Crippen LogP contribution in [0.15, 0.2) is 71.5 Å². The molecule has 0 N–H and O–H groups in total. The lowest BCUT2D eigenvalue weighted by Crippen LogP contribution is -2.48. The molecule has 5 rings (SSSR count). The Labute approximate surface area is 205 Å². The molecule has 0 atom stereocenters. The highest BCUT2D eigenvalue weighted by atomic mass is 35.5. The van der Waals surface area contributed by atoms with Gasteiger partial charge in [-0.1, -0.05) is 29.8 Å². The SMILES string of the molecule is COC(=O)c1ccc2c(=O)n(-c3cccc(F)c3)c(N3CCN(c4ccccc4Cl)CC3)nc2c1. The predicted octanol–water partition coefficient (Wildman–Crippen LogP) is 4.29. The molecule has 2 heterocycles. The number of nitrogens with zero attached hydrogens (tertiary/aromatic N) is 4. The number of carbonyl (C=O) groups is 1. The van der Waals surface area contributed by atoms with Crippen molar-refractivity contribution in [3.05, 3.63) is 93.5 Å². The first-order valence-corrected chi connectivity index (χ1v) is 11.5. The number of fused-ring (bicyclic) bond motifs is 1. The third-order valence-electron chi connectivity index (χ3n) is 6.09. The van der Waals surface area contributed by atoms with Crippen LogP contribution < -0.4 is 15.4 Å². The molecule has 1 aliphatic heterocycles. The standard InChI is InChI=1S/C26H22ClFN4O3/c1-35-25(34)17-9-10-20-22(15-17)29-26(32(24(20)33)19-6-4-5-18(28)16-19)31-13-11-30(12-14-31)23-8-3-2-7-21(23)27/h2-10,15-16H,11-14H2,1H3. The average Bonchev–Trinajstić information content (AvgIpc) is 2.88. The van der Waals surface area contributed by atoms with E-state index >= 15 is 0 Å². The van der Waals surface area contributed by atoms with Gasteiger partial charge in [-0.25, -0.2) is 18.7 Å². The lowest BCUT2D eigenvalue weighted by atomic mass is 10.1. The first kappa shape index (κ1) is 22.9. The van der Waals surface area contributed by atoms with Crippen molar-refractivity contribution >= 4 is 40.1 Å². The predicted molar refractivity (Wildman–Crippen MR) is 135 cm³/mol. The van der Waals surface area contributed by atoms with Gasteiger partial charge in [-0.05, 0) is 48.5 Å². The highest BCUT2D eigenvalue weighted by Crippen LogP contribution is 2.28. The van der Waals surface area contributed by atoms with Gasteiger partial charge in [0.15, 0.2) is 0 Å². The molecule has 0 spiro atoms. The molecule has 1 fully saturated rings. The molecule has 0 saturated carbocycles. The summed E-state index contributed by atoms with van der Waals surface area (Å²) in [6.45, 7) is 2.44. The highest BCUT2D eigenvalue weighted by molar-refractivity contribution is 6.33. The highest BCUT2D eigenvalue weighted by Gasteiger charge is 2.24. The molecule has 1 aromatic heterocycles. The van der Waals surface area contributed by atoms with Crippen LogP contribution in [0, 0.1) is 5.82 Å². The van der Waals surface area contributed by atoms with E-state index in [1.165, 1.54) is 29.9 Å². The fraction of sp³-hybridized carbons (Fsp3) is 0.192. The Kier molecular flexibility index (Phi) is 6.13. The maximum Gasteiger partial charge on any atom is 0.337 e. The van der Waals surface area contributed by atoms with Gasteiger partial charge in [0, 0.05) is 26.2 Å². The van der Waals surface area contributed by atoms with Crippen molar-refractivity contribution < 1.29 is 13.9 Å². The van der Waals surface area contributed by atoms with Crippen molar-refractivity contribution in [3.63, 3.8) is 0 Å². The molecule has 0 aliphatic carbocycles. The molecule has 0 unspecified atom stereocenters. The van der Waals surface area contributed by atoms with Crippen molar-refractivity contribution in [2.75, 3.05) is 43.1 Å². The third-order valence-corrected chi connectivity index (χ3v) is 6.41. The van der Waals surface area contributed by atoms with E-state index in [2.05, 4.69) is 4.90 Å². The van der Waals surface area contributed by atoms with Crippen molar-refractivity contribution in [2.45, 2.75) is 0 Å². The molecule has 178 valence electrons. The second-order valence-electron chi connectivity index (χ2n) is 8.18. The second kappa shape index (κ2) is 9.38. The maximum absolute atomic E-state index is 14.1. The minimum Gasteiger partial charge on any atom is -0.465 e. The normalized spacial score (nSPS) is 13.8. The average molecular weight is 493 g/mol. The molecule has 1 aliphatic rings. The molecule has 4 aromatic rings. The molecule has 3 aromatic carbocycles. The lowest BCUT2D eigenvalue weighted by molar-refractivity contribution is 0.0601. The molecular formula is C26H22ClFN4O3. The summed E-state index contributed by atoms with van der Waals surface area (Å²) in [6, 6.07) is 18.1. The van der Waals surface area contributed by atoms with Crippen LogP contribution in [-0.4, -0.2) is 48.8 Å². The molecule has 0 radical (unpaired) electrons. The van der Waals surface area contributed by atoms with Gasteiger partial charge in [0.05, 0.1) is 40.0 Å². The van der Waals surface area contributed by atoms with E-state index in [4.69, 9.17) is 21.3 Å². The van der Waals surface area contributed by atoms with Crippen LogP contribution in [0.25, 0.3) is 16.6 Å². The first-order valence-electron chi connectivity index (χ1n) is 11.1. The number of ether oxygens (including phenoxy) is 1. The molecule has 0 amide bonds. The number of aromatic nitrogens is 2. The minimum atomic E-state index is -0.516. The number of carbonyl (C=O) groups excluding carboxylic acids is 1. The zero-order valence-electron chi connectivity index (χ0n) is 18.9. The Bertz CT molecular complexity index is 1480. The number of halogens is 2. The van der Waals surface area contributed by atoms with Gasteiger partial charge in [0.2, 0.25) is 5.95 Å². The van der Waals surface area contributed by atoms with Crippen LogP contribution in [0.4, 0.5) is 16.0 Å². The van der Waals surface area contributed by atoms with Gasteiger partial charge in [0.25, 0.3) is 5.56 Å². The summed E-state index contributed by atoms with van der Waals surface area (Å²) < 4.78 is 20.3. The van der Waals surface area contributed by atoms with Gasteiger partial charge in [0.1, 0.15) is 5.82 Å². The van der Waals surface area contributed by atoms with Crippen LogP contribution in [0.1, 0.15) is 10.4 Å². The van der Waals surface area contributed by atoms with Crippen LogP contribution in [-0.2, 0) is 4.74 Å². The van der Waals surface area contributed by atoms with Crippen LogP contribution >= 0.6 is 11.6 Å². The summed E-state index contributed by atoms with van der Waals surface area (Å²) in [5, 5.41) is 0.997. The first-order chi connectivity index (χ1) is 17.0. The van der Waals surface area contributed by atoms with Crippen LogP contribution in [0.3, 0.4) is 0 Å². The number of hydrogen-bond acceptors (Lipinski definition) is 6. The molecule has 35 heavy (non-hydrogen) atoms. The third kappa shape index (κ3) is 4.33. The molecule has 0 bridgehead atoms. The molecule has 1 saturated heterocycles. The number of rotatable bonds is 4. The van der Waals surface area contributed by atoms with Gasteiger partial charge < -0.3 is 14.5 Å². The van der Waals surface area contributed by atoms with Gasteiger partial charge in [-0.15, -0.1) is 0 Å². The minimum absolute atomic E-state index is 0.296. The van der Waals surface area contributed by atoms with E-state index in [0.29, 0.717) is 59.3 Å². The zero-order chi connectivity index (χ0) is 24.5. The topological polar surface area (TPSA) is 67.7 Å². The molecule has 9 heteroatoms. The quantitative estimate of drug-likeness (QED) is 0.396. The molecular weight excluding hydrogens is 471 g/mol. The van der Waals surface area contributed by atoms with Crippen molar-refractivity contribution in [3.8, 4) is 5.69 Å². The van der Waals surface area contributed by atoms with Gasteiger partial charge in [-0.3, -0.25) is 4.79 Å². The van der Waals surface area contributed by atoms with Crippen molar-refractivity contribution in [1.82, 2.24) is 9.55 Å². The number of para-hydroxylation sites is 1. The Morgan fingerprint density at radius 1 is 0.971 bits per heavy atom. The Morgan fingerprint density at radius 3 is 2.43 bits per heavy atom. The second-order valence-corrected chi connectivity index (χ2v) is 8.59. The Balaban J connectivity index is 1.60. The fourth-order valence-corrected chi connectivity index (χ4v) is 4.59. The van der Waals surface area contributed by atoms with Gasteiger partial charge >= 0.3 is 5.97 Å². The summed E-state index contributed by atoms with van der Waals surface area (Å²) in [4.78, 5) is 34.6. The van der Waals surface area contributed by atoms with E-state index in [1.54, 1.807) is 24.3 Å². The maximum atomic E-state index is 14.1. The van der Waals surface area contributed by atoms with E-state index in [1.807, 2.05) is 29.2 Å². The summed E-state index contributed by atoms with van der Waals surface area (Å²) in [5.41, 5.74) is 1.65. The number of piperazine rings is 1. The lowest BCUT2D eigenvalue weighted by Gasteiger charge is -2.37. The Morgan fingerprint density at radius 2 is 1.71 bits per heavy atom. The number of hydrogen-bond donors (Lipinski definition) is 0. The van der Waals surface area contributed by atoms with E-state index in [9.17, 15) is 14.0 Å². The van der Waals surface area contributed by atoms with E-state index in [0.717, 1.165) is 5.69 Å². The number of benzene rings is 3. The van der Waals surface area contributed by atoms with E-state index in [-0.39, 0.29) is 5.56 Å². The van der Waals surface area contributed by atoms with Crippen molar-refractivity contribution in [2.24, 2.45) is 0 Å². The van der Waals surface area contributed by atoms with Gasteiger partial charge in [-0.2, -0.15) is 0 Å². The van der Waals surface area contributed by atoms with Crippen LogP contribution in [0.5, 0.6) is 0 Å². The fourth-order valence-electron chi connectivity index (χ4n) is 4.33. The summed E-state index contributed by atoms with van der Waals surface area (Å²) in [7, 11) is 1.30. The Hall–Kier alpha value is -3.91. The largest absolute Gasteiger partial charge is 0.465 e. The molecule has 7 nitrogen and oxygen atoms in total. The van der Waals surface area contributed by atoms with E-state index < -0.39 is 11.8 Å². The monoisotopic (exact) mass is 492 g/mol. The summed E-state index contributed by atoms with van der Waals surface area (Å²) in [5.74, 6) is -0.586. The summed E-state index contributed by atoms with van der Waals surface area (Å²) in [6.07, 6.45) is 0. The number of anilines is 2. The zero-order valence-corrected chi connectivity index (χ0v) is 19.7.